The number of thiophene rings is 1. The number of hydrogen-bond donors (Lipinski definition) is 1. The summed E-state index contributed by atoms with van der Waals surface area (Å²) < 4.78 is 0. The van der Waals surface area contributed by atoms with Crippen LogP contribution in [0, 0.1) is 12.3 Å². The van der Waals surface area contributed by atoms with E-state index < -0.39 is 0 Å². The van der Waals surface area contributed by atoms with Crippen molar-refractivity contribution in [3.8, 4) is 0 Å². The summed E-state index contributed by atoms with van der Waals surface area (Å²) in [5, 5.41) is 0. The summed E-state index contributed by atoms with van der Waals surface area (Å²) in [4.78, 5) is 25.1. The number of aromatic nitrogens is 2. The summed E-state index contributed by atoms with van der Waals surface area (Å²) in [6, 6.07) is 2.11. The average Bonchev–Trinajstić information content (AvgIpc) is 3.01. The highest BCUT2D eigenvalue weighted by molar-refractivity contribution is 7.18. The first-order valence-electron chi connectivity index (χ1n) is 7.37. The van der Waals surface area contributed by atoms with Crippen LogP contribution in [-0.4, -0.2) is 54.5 Å². The van der Waals surface area contributed by atoms with E-state index in [0.29, 0.717) is 5.41 Å². The molecule has 2 N–H and O–H groups in total. The van der Waals surface area contributed by atoms with E-state index in [9.17, 15) is 0 Å². The van der Waals surface area contributed by atoms with Crippen molar-refractivity contribution in [2.24, 2.45) is 11.1 Å². The lowest BCUT2D eigenvalue weighted by atomic mass is 9.79. The van der Waals surface area contributed by atoms with Gasteiger partial charge in [-0.2, -0.15) is 0 Å². The minimum absolute atomic E-state index is 0.250. The van der Waals surface area contributed by atoms with E-state index in [1.807, 2.05) is 6.20 Å². The molecule has 2 aliphatic heterocycles. The molecule has 4 heterocycles. The van der Waals surface area contributed by atoms with Crippen LogP contribution in [0.25, 0.3) is 10.3 Å². The molecule has 0 radical (unpaired) electrons. The molecule has 2 aromatic rings. The predicted molar refractivity (Wildman–Crippen MR) is 89.2 cm³/mol. The van der Waals surface area contributed by atoms with Crippen molar-refractivity contribution in [1.29, 1.82) is 0 Å². The van der Waals surface area contributed by atoms with E-state index in [-0.39, 0.29) is 6.41 Å². The Kier molecular flexibility index (Phi) is 4.01. The van der Waals surface area contributed by atoms with Gasteiger partial charge in [0.1, 0.15) is 16.2 Å². The third-order valence-electron chi connectivity index (χ3n) is 4.32. The Hall–Kier alpha value is -1.73. The largest absolute Gasteiger partial charge is 0.372 e. The van der Waals surface area contributed by atoms with Crippen LogP contribution < -0.4 is 10.6 Å². The molecule has 2 fully saturated rings. The van der Waals surface area contributed by atoms with Crippen molar-refractivity contribution in [3.05, 3.63) is 17.1 Å². The summed E-state index contributed by atoms with van der Waals surface area (Å²) in [6.07, 6.45) is 3.48. The lowest BCUT2D eigenvalue weighted by molar-refractivity contribution is -0.106. The first-order valence-corrected chi connectivity index (χ1v) is 8.19. The molecular weight excluding hydrogens is 298 g/mol. The highest BCUT2D eigenvalue weighted by Crippen LogP contribution is 2.40. The van der Waals surface area contributed by atoms with E-state index in [1.54, 1.807) is 11.3 Å². The number of primary amides is 1. The molecule has 7 heteroatoms. The van der Waals surface area contributed by atoms with Gasteiger partial charge in [0.15, 0.2) is 0 Å². The fourth-order valence-electron chi connectivity index (χ4n) is 3.56. The van der Waals surface area contributed by atoms with Crippen LogP contribution in [-0.2, 0) is 4.79 Å². The Labute approximate surface area is 133 Å². The Morgan fingerprint density at radius 1 is 1.41 bits per heavy atom. The third kappa shape index (κ3) is 2.78. The number of carbonyl (C=O) groups excluding carboxylic acids is 1. The first kappa shape index (κ1) is 15.2. The van der Waals surface area contributed by atoms with Gasteiger partial charge >= 0.3 is 0 Å². The molecule has 0 atom stereocenters. The molecular formula is C15H21N5OS. The number of amides is 1. The smallest absolute Gasteiger partial charge is 0.204 e. The third-order valence-corrected chi connectivity index (χ3v) is 5.26. The van der Waals surface area contributed by atoms with Crippen molar-refractivity contribution in [1.82, 2.24) is 14.9 Å². The first-order chi connectivity index (χ1) is 10.5. The fraction of sp³-hybridized carbons (Fsp3) is 0.533. The lowest BCUT2D eigenvalue weighted by Gasteiger charge is -2.46. The number of carbonyl (C=O) groups is 1. The molecule has 0 saturated carbocycles. The zero-order chi connectivity index (χ0) is 15.7. The van der Waals surface area contributed by atoms with E-state index in [0.717, 1.165) is 29.3 Å². The van der Waals surface area contributed by atoms with Gasteiger partial charge in [-0.25, -0.2) is 9.97 Å². The molecule has 0 aliphatic carbocycles. The molecule has 2 aliphatic rings. The molecule has 2 aromatic heterocycles. The van der Waals surface area contributed by atoms with Crippen molar-refractivity contribution >= 4 is 33.9 Å². The number of rotatable bonds is 1. The monoisotopic (exact) mass is 319 g/mol. The number of aryl methyl sites for hydroxylation is 1. The van der Waals surface area contributed by atoms with Gasteiger partial charge < -0.3 is 15.5 Å². The quantitative estimate of drug-likeness (QED) is 0.801. The molecule has 0 unspecified atom stereocenters. The van der Waals surface area contributed by atoms with Crippen molar-refractivity contribution in [2.75, 3.05) is 38.1 Å². The van der Waals surface area contributed by atoms with E-state index in [4.69, 9.17) is 9.78 Å². The molecule has 1 spiro atoms. The second kappa shape index (κ2) is 5.81. The predicted octanol–water partition coefficient (Wildman–Crippen LogP) is 1.24. The molecule has 118 valence electrons. The summed E-state index contributed by atoms with van der Waals surface area (Å²) in [5.41, 5.74) is 5.72. The minimum Gasteiger partial charge on any atom is -0.372 e. The standard InChI is InChI=1S/C14H18N4S.CH3NO/c1-10-5-11-13(19-10)16-12(6-15-11)18-4-3-14(9-18)7-17(2)8-14;2-1-3/h5-6H,3-4,7-9H2,1-2H3;1H,(H2,2,3). The zero-order valence-electron chi connectivity index (χ0n) is 13.0. The second-order valence-corrected chi connectivity index (χ2v) is 7.49. The Morgan fingerprint density at radius 3 is 2.82 bits per heavy atom. The number of fused-ring (bicyclic) bond motifs is 1. The molecule has 1 amide bonds. The van der Waals surface area contributed by atoms with Gasteiger partial charge in [0.05, 0.1) is 6.20 Å². The topological polar surface area (TPSA) is 75.3 Å². The number of hydrogen-bond acceptors (Lipinski definition) is 6. The molecule has 6 nitrogen and oxygen atoms in total. The minimum atomic E-state index is 0.250. The molecule has 22 heavy (non-hydrogen) atoms. The number of nitrogens with two attached hydrogens (primary N) is 1. The maximum absolute atomic E-state index is 8.58. The maximum Gasteiger partial charge on any atom is 0.204 e. The van der Waals surface area contributed by atoms with Crippen LogP contribution in [0.4, 0.5) is 5.82 Å². The zero-order valence-corrected chi connectivity index (χ0v) is 13.8. The van der Waals surface area contributed by atoms with Crippen molar-refractivity contribution in [3.63, 3.8) is 0 Å². The average molecular weight is 319 g/mol. The molecule has 2 saturated heterocycles. The highest BCUT2D eigenvalue weighted by Gasteiger charge is 2.46. The number of nitrogens with zero attached hydrogens (tertiary/aromatic N) is 4. The van der Waals surface area contributed by atoms with Crippen LogP contribution in [0.5, 0.6) is 0 Å². The van der Waals surface area contributed by atoms with E-state index in [1.165, 1.54) is 24.4 Å². The summed E-state index contributed by atoms with van der Waals surface area (Å²) in [7, 11) is 2.20. The van der Waals surface area contributed by atoms with E-state index in [2.05, 4.69) is 40.6 Å². The summed E-state index contributed by atoms with van der Waals surface area (Å²) in [6.45, 7) is 6.84. The normalized spacial score (nSPS) is 19.8. The van der Waals surface area contributed by atoms with Gasteiger partial charge in [0.2, 0.25) is 6.41 Å². The molecule has 4 rings (SSSR count). The van der Waals surface area contributed by atoms with Crippen LogP contribution in [0.2, 0.25) is 0 Å². The van der Waals surface area contributed by atoms with Crippen molar-refractivity contribution < 1.29 is 4.79 Å². The number of likely N-dealkylation sites (tertiary alicyclic amines) is 1. The van der Waals surface area contributed by atoms with Gasteiger partial charge in [0, 0.05) is 36.5 Å². The maximum atomic E-state index is 8.58. The fourth-order valence-corrected chi connectivity index (χ4v) is 4.39. The number of anilines is 1. The Morgan fingerprint density at radius 2 is 2.14 bits per heavy atom. The van der Waals surface area contributed by atoms with Gasteiger partial charge in [-0.3, -0.25) is 4.79 Å². The van der Waals surface area contributed by atoms with Gasteiger partial charge in [0.25, 0.3) is 0 Å². The Balaban J connectivity index is 0.000000446. The second-order valence-electron chi connectivity index (χ2n) is 6.26. The highest BCUT2D eigenvalue weighted by atomic mass is 32.1. The van der Waals surface area contributed by atoms with Crippen LogP contribution in [0.15, 0.2) is 12.3 Å². The summed E-state index contributed by atoms with van der Waals surface area (Å²) >= 11 is 1.74. The van der Waals surface area contributed by atoms with Crippen LogP contribution in [0.1, 0.15) is 11.3 Å². The van der Waals surface area contributed by atoms with E-state index >= 15 is 0 Å². The van der Waals surface area contributed by atoms with Crippen LogP contribution in [0.3, 0.4) is 0 Å². The molecule has 0 aromatic carbocycles. The summed E-state index contributed by atoms with van der Waals surface area (Å²) in [5.74, 6) is 1.06. The lowest BCUT2D eigenvalue weighted by Crippen LogP contribution is -2.55. The molecule has 0 bridgehead atoms. The van der Waals surface area contributed by atoms with Gasteiger partial charge in [-0.05, 0) is 26.5 Å². The van der Waals surface area contributed by atoms with Gasteiger partial charge in [-0.15, -0.1) is 11.3 Å². The van der Waals surface area contributed by atoms with Gasteiger partial charge in [-0.1, -0.05) is 0 Å². The Bertz CT molecular complexity index is 680. The van der Waals surface area contributed by atoms with Crippen LogP contribution >= 0.6 is 11.3 Å². The SMILES string of the molecule is Cc1cc2ncc(N3CCC4(CN(C)C4)C3)nc2s1.NC=O. The van der Waals surface area contributed by atoms with Crippen molar-refractivity contribution in [2.45, 2.75) is 13.3 Å².